The maximum atomic E-state index is 11.0. The van der Waals surface area contributed by atoms with Gasteiger partial charge in [-0.05, 0) is 17.7 Å². The molecule has 0 atom stereocenters. The van der Waals surface area contributed by atoms with Crippen LogP contribution in [0.15, 0.2) is 17.0 Å². The van der Waals surface area contributed by atoms with E-state index in [4.69, 9.17) is 28.3 Å². The lowest BCUT2D eigenvalue weighted by Crippen LogP contribution is -2.12. The molecule has 14 heavy (non-hydrogen) atoms. The van der Waals surface area contributed by atoms with Gasteiger partial charge < -0.3 is 0 Å². The summed E-state index contributed by atoms with van der Waals surface area (Å²) >= 11 is 14.7. The van der Waals surface area contributed by atoms with Gasteiger partial charge in [0.25, 0.3) is 0 Å². The van der Waals surface area contributed by atoms with Crippen LogP contribution in [0.2, 0.25) is 10.0 Å². The van der Waals surface area contributed by atoms with Crippen molar-refractivity contribution in [3.63, 3.8) is 0 Å². The number of primary sulfonamides is 1. The number of alkyl halides is 1. The smallest absolute Gasteiger partial charge is 0.225 e. The Morgan fingerprint density at radius 3 is 2.29 bits per heavy atom. The van der Waals surface area contributed by atoms with Crippen molar-refractivity contribution < 1.29 is 8.42 Å². The van der Waals surface area contributed by atoms with Crippen molar-refractivity contribution in [2.75, 3.05) is 0 Å². The van der Waals surface area contributed by atoms with E-state index in [1.54, 1.807) is 0 Å². The summed E-state index contributed by atoms with van der Waals surface area (Å²) in [7, 11) is -3.81. The third-order valence-electron chi connectivity index (χ3n) is 1.55. The van der Waals surface area contributed by atoms with E-state index in [0.29, 0.717) is 15.9 Å². The molecule has 0 radical (unpaired) electrons. The Hall–Kier alpha value is 0.190. The van der Waals surface area contributed by atoms with E-state index in [-0.39, 0.29) is 9.92 Å². The van der Waals surface area contributed by atoms with Crippen molar-refractivity contribution in [2.45, 2.75) is 10.2 Å². The van der Waals surface area contributed by atoms with Crippen LogP contribution in [0.25, 0.3) is 0 Å². The highest BCUT2D eigenvalue weighted by Gasteiger charge is 2.15. The lowest BCUT2D eigenvalue weighted by atomic mass is 10.2. The molecule has 0 amide bonds. The van der Waals surface area contributed by atoms with E-state index in [2.05, 4.69) is 15.9 Å². The highest BCUT2D eigenvalue weighted by Crippen LogP contribution is 2.28. The molecule has 3 nitrogen and oxygen atoms in total. The number of benzene rings is 1. The molecule has 2 N–H and O–H groups in total. The molecular formula is C7H6BrCl2NO2S. The second-order valence-corrected chi connectivity index (χ2v) is 5.46. The molecule has 0 heterocycles. The molecule has 0 fully saturated rings. The van der Waals surface area contributed by atoms with Crippen LogP contribution >= 0.6 is 39.1 Å². The summed E-state index contributed by atoms with van der Waals surface area (Å²) in [5.74, 6) is 0. The van der Waals surface area contributed by atoms with Crippen LogP contribution in [-0.2, 0) is 15.4 Å². The fraction of sp³-hybridized carbons (Fsp3) is 0.143. The third-order valence-corrected chi connectivity index (χ3v) is 3.88. The minimum absolute atomic E-state index is 0.0753. The first-order valence-corrected chi connectivity index (χ1v) is 6.85. The molecule has 0 bridgehead atoms. The highest BCUT2D eigenvalue weighted by atomic mass is 79.9. The molecule has 1 aromatic carbocycles. The van der Waals surface area contributed by atoms with Gasteiger partial charge in [0.1, 0.15) is 4.90 Å². The van der Waals surface area contributed by atoms with Gasteiger partial charge in [0.15, 0.2) is 0 Å². The summed E-state index contributed by atoms with van der Waals surface area (Å²) in [6.45, 7) is 0. The lowest BCUT2D eigenvalue weighted by Gasteiger charge is -2.05. The van der Waals surface area contributed by atoms with Crippen LogP contribution in [0.5, 0.6) is 0 Å². The van der Waals surface area contributed by atoms with Crippen LogP contribution in [0.1, 0.15) is 5.56 Å². The zero-order valence-corrected chi connectivity index (χ0v) is 10.7. The average Bonchev–Trinajstić information content (AvgIpc) is 2.06. The van der Waals surface area contributed by atoms with Gasteiger partial charge in [-0.15, -0.1) is 0 Å². The Morgan fingerprint density at radius 1 is 1.29 bits per heavy atom. The summed E-state index contributed by atoms with van der Waals surface area (Å²) in [5, 5.41) is 5.82. The first kappa shape index (κ1) is 12.3. The van der Waals surface area contributed by atoms with Crippen LogP contribution in [0.4, 0.5) is 0 Å². The highest BCUT2D eigenvalue weighted by molar-refractivity contribution is 9.08. The largest absolute Gasteiger partial charge is 0.239 e. The molecule has 1 rings (SSSR count). The number of hydrogen-bond acceptors (Lipinski definition) is 2. The zero-order chi connectivity index (χ0) is 10.9. The van der Waals surface area contributed by atoms with E-state index in [1.165, 1.54) is 12.1 Å². The topological polar surface area (TPSA) is 60.2 Å². The molecule has 0 saturated heterocycles. The van der Waals surface area contributed by atoms with Crippen molar-refractivity contribution in [1.82, 2.24) is 0 Å². The van der Waals surface area contributed by atoms with Crippen molar-refractivity contribution >= 4 is 49.2 Å². The fourth-order valence-electron chi connectivity index (χ4n) is 0.890. The Labute approximate surface area is 100 Å². The van der Waals surface area contributed by atoms with E-state index in [9.17, 15) is 8.42 Å². The zero-order valence-electron chi connectivity index (χ0n) is 6.80. The number of halogens is 3. The molecule has 0 aliphatic heterocycles. The van der Waals surface area contributed by atoms with E-state index >= 15 is 0 Å². The van der Waals surface area contributed by atoms with Gasteiger partial charge in [0, 0.05) is 10.4 Å². The lowest BCUT2D eigenvalue weighted by molar-refractivity contribution is 0.598. The monoisotopic (exact) mass is 317 g/mol. The number of hydrogen-bond donors (Lipinski definition) is 1. The molecule has 0 aromatic heterocycles. The minimum Gasteiger partial charge on any atom is -0.225 e. The molecule has 0 saturated carbocycles. The Morgan fingerprint density at radius 2 is 1.86 bits per heavy atom. The van der Waals surface area contributed by atoms with Gasteiger partial charge in [0.05, 0.1) is 5.02 Å². The van der Waals surface area contributed by atoms with Gasteiger partial charge in [-0.25, -0.2) is 13.6 Å². The van der Waals surface area contributed by atoms with Gasteiger partial charge in [-0.3, -0.25) is 0 Å². The molecule has 0 unspecified atom stereocenters. The average molecular weight is 319 g/mol. The maximum absolute atomic E-state index is 11.0. The number of sulfonamides is 1. The second-order valence-electron chi connectivity index (χ2n) is 2.55. The number of rotatable bonds is 2. The Balaban J connectivity index is 3.44. The Kier molecular flexibility index (Phi) is 3.82. The van der Waals surface area contributed by atoms with E-state index in [0.717, 1.165) is 0 Å². The van der Waals surface area contributed by atoms with Gasteiger partial charge in [0.2, 0.25) is 10.0 Å². The quantitative estimate of drug-likeness (QED) is 0.852. The van der Waals surface area contributed by atoms with Gasteiger partial charge >= 0.3 is 0 Å². The Bertz CT molecular complexity index is 461. The minimum atomic E-state index is -3.81. The predicted octanol–water partition coefficient (Wildman–Crippen LogP) is 2.54. The molecule has 78 valence electrons. The van der Waals surface area contributed by atoms with Crippen molar-refractivity contribution in [3.8, 4) is 0 Å². The molecule has 0 aliphatic carbocycles. The standard InChI is InChI=1S/C7H6BrCl2NO2S/c8-3-4-1-6(10)7(2-5(4)9)14(11,12)13/h1-2H,3H2,(H2,11,12,13). The van der Waals surface area contributed by atoms with Crippen LogP contribution in [0, 0.1) is 0 Å². The molecular weight excluding hydrogens is 313 g/mol. The van der Waals surface area contributed by atoms with Gasteiger partial charge in [-0.2, -0.15) is 0 Å². The number of nitrogens with two attached hydrogens (primary N) is 1. The van der Waals surface area contributed by atoms with Crippen molar-refractivity contribution in [3.05, 3.63) is 27.7 Å². The maximum Gasteiger partial charge on any atom is 0.239 e. The van der Waals surface area contributed by atoms with Crippen molar-refractivity contribution in [1.29, 1.82) is 0 Å². The van der Waals surface area contributed by atoms with E-state index in [1.807, 2.05) is 0 Å². The van der Waals surface area contributed by atoms with Crippen LogP contribution in [0.3, 0.4) is 0 Å². The summed E-state index contributed by atoms with van der Waals surface area (Å²) in [6.07, 6.45) is 0. The van der Waals surface area contributed by atoms with Crippen LogP contribution in [-0.4, -0.2) is 8.42 Å². The summed E-state index contributed by atoms with van der Waals surface area (Å²) in [4.78, 5) is -0.158. The summed E-state index contributed by atoms with van der Waals surface area (Å²) in [6, 6.07) is 2.72. The SMILES string of the molecule is NS(=O)(=O)c1cc(Cl)c(CBr)cc1Cl. The van der Waals surface area contributed by atoms with Crippen LogP contribution < -0.4 is 5.14 Å². The molecule has 1 aromatic rings. The van der Waals surface area contributed by atoms with E-state index < -0.39 is 10.0 Å². The summed E-state index contributed by atoms with van der Waals surface area (Å²) < 4.78 is 22.1. The molecule has 0 spiro atoms. The fourth-order valence-corrected chi connectivity index (χ4v) is 2.93. The summed E-state index contributed by atoms with van der Waals surface area (Å²) in [5.41, 5.74) is 0.712. The molecule has 0 aliphatic rings. The third kappa shape index (κ3) is 2.61. The first-order valence-electron chi connectivity index (χ1n) is 3.43. The second kappa shape index (κ2) is 4.37. The van der Waals surface area contributed by atoms with Crippen molar-refractivity contribution in [2.24, 2.45) is 5.14 Å². The molecule has 7 heteroatoms. The predicted molar refractivity (Wildman–Crippen MR) is 60.5 cm³/mol. The normalized spacial score (nSPS) is 11.7. The van der Waals surface area contributed by atoms with Gasteiger partial charge in [-0.1, -0.05) is 39.1 Å². The first-order chi connectivity index (χ1) is 6.36.